The second kappa shape index (κ2) is 4.47. The zero-order valence-electron chi connectivity index (χ0n) is 9.24. The van der Waals surface area contributed by atoms with Crippen molar-refractivity contribution in [1.29, 1.82) is 0 Å². The van der Waals surface area contributed by atoms with Crippen molar-refractivity contribution in [2.75, 3.05) is 0 Å². The summed E-state index contributed by atoms with van der Waals surface area (Å²) >= 11 is 9.88. The Morgan fingerprint density at radius 1 is 0.941 bits per heavy atom. The van der Waals surface area contributed by atoms with Gasteiger partial charge in [0.15, 0.2) is 0 Å². The SMILES string of the molecule is Cl[C@H]1C[C@H](c2ccc(Br)cc2)c2ccccc21. The molecule has 0 aliphatic heterocycles. The molecule has 0 nitrogen and oxygen atoms in total. The molecule has 2 aromatic rings. The van der Waals surface area contributed by atoms with Crippen LogP contribution in [0.3, 0.4) is 0 Å². The second-order valence-electron chi connectivity index (χ2n) is 4.44. The summed E-state index contributed by atoms with van der Waals surface area (Å²) in [7, 11) is 0. The molecule has 0 bridgehead atoms. The van der Waals surface area contributed by atoms with Crippen LogP contribution in [-0.2, 0) is 0 Å². The zero-order valence-corrected chi connectivity index (χ0v) is 11.6. The van der Waals surface area contributed by atoms with Crippen LogP contribution in [0.2, 0.25) is 0 Å². The molecule has 2 aromatic carbocycles. The molecule has 1 aliphatic carbocycles. The fourth-order valence-corrected chi connectivity index (χ4v) is 3.23. The van der Waals surface area contributed by atoms with E-state index in [2.05, 4.69) is 64.5 Å². The van der Waals surface area contributed by atoms with Gasteiger partial charge in [-0.1, -0.05) is 52.3 Å². The Labute approximate surface area is 115 Å². The van der Waals surface area contributed by atoms with Crippen molar-refractivity contribution >= 4 is 27.5 Å². The van der Waals surface area contributed by atoms with Crippen LogP contribution in [-0.4, -0.2) is 0 Å². The number of rotatable bonds is 1. The molecule has 0 amide bonds. The van der Waals surface area contributed by atoms with Gasteiger partial charge in [0.05, 0.1) is 5.38 Å². The van der Waals surface area contributed by atoms with E-state index in [1.165, 1.54) is 16.7 Å². The fraction of sp³-hybridized carbons (Fsp3) is 0.200. The lowest BCUT2D eigenvalue weighted by Gasteiger charge is -2.11. The van der Waals surface area contributed by atoms with E-state index in [1.54, 1.807) is 0 Å². The number of hydrogen-bond acceptors (Lipinski definition) is 0. The van der Waals surface area contributed by atoms with Crippen LogP contribution in [0.5, 0.6) is 0 Å². The van der Waals surface area contributed by atoms with E-state index in [0.29, 0.717) is 5.92 Å². The van der Waals surface area contributed by atoms with Gasteiger partial charge in [-0.3, -0.25) is 0 Å². The van der Waals surface area contributed by atoms with E-state index in [0.717, 1.165) is 10.9 Å². The van der Waals surface area contributed by atoms with Crippen molar-refractivity contribution in [1.82, 2.24) is 0 Å². The molecule has 2 atom stereocenters. The van der Waals surface area contributed by atoms with Crippen molar-refractivity contribution in [2.24, 2.45) is 0 Å². The highest BCUT2D eigenvalue weighted by Gasteiger charge is 2.29. The smallest absolute Gasteiger partial charge is 0.0597 e. The number of hydrogen-bond donors (Lipinski definition) is 0. The predicted octanol–water partition coefficient (Wildman–Crippen LogP) is 5.26. The van der Waals surface area contributed by atoms with Gasteiger partial charge in [-0.05, 0) is 35.2 Å². The molecule has 2 heteroatoms. The molecule has 1 aliphatic rings. The summed E-state index contributed by atoms with van der Waals surface area (Å²) in [4.78, 5) is 0. The van der Waals surface area contributed by atoms with E-state index in [9.17, 15) is 0 Å². The van der Waals surface area contributed by atoms with Crippen LogP contribution in [0.25, 0.3) is 0 Å². The lowest BCUT2D eigenvalue weighted by Crippen LogP contribution is -1.95. The molecule has 0 N–H and O–H groups in total. The van der Waals surface area contributed by atoms with Gasteiger partial charge in [0.1, 0.15) is 0 Å². The topological polar surface area (TPSA) is 0 Å². The summed E-state index contributed by atoms with van der Waals surface area (Å²) in [6.45, 7) is 0. The molecule has 17 heavy (non-hydrogen) atoms. The van der Waals surface area contributed by atoms with Crippen LogP contribution in [0, 0.1) is 0 Å². The molecule has 0 heterocycles. The highest BCUT2D eigenvalue weighted by atomic mass is 79.9. The first-order valence-electron chi connectivity index (χ1n) is 5.74. The Morgan fingerprint density at radius 2 is 1.59 bits per heavy atom. The van der Waals surface area contributed by atoms with Gasteiger partial charge in [0.2, 0.25) is 0 Å². The lowest BCUT2D eigenvalue weighted by atomic mass is 9.93. The molecule has 0 spiro atoms. The largest absolute Gasteiger partial charge is 0.118 e. The maximum Gasteiger partial charge on any atom is 0.0597 e. The van der Waals surface area contributed by atoms with E-state index in [4.69, 9.17) is 11.6 Å². The fourth-order valence-electron chi connectivity index (χ4n) is 2.59. The van der Waals surface area contributed by atoms with Crippen molar-refractivity contribution in [2.45, 2.75) is 17.7 Å². The molecular weight excluding hydrogens is 296 g/mol. The minimum Gasteiger partial charge on any atom is -0.118 e. The zero-order chi connectivity index (χ0) is 11.8. The Morgan fingerprint density at radius 3 is 2.29 bits per heavy atom. The first-order chi connectivity index (χ1) is 8.25. The van der Waals surface area contributed by atoms with Crippen molar-refractivity contribution in [3.63, 3.8) is 0 Å². The Balaban J connectivity index is 2.04. The quantitative estimate of drug-likeness (QED) is 0.630. The van der Waals surface area contributed by atoms with Gasteiger partial charge >= 0.3 is 0 Å². The van der Waals surface area contributed by atoms with Gasteiger partial charge in [-0.15, -0.1) is 11.6 Å². The minimum atomic E-state index is 0.153. The van der Waals surface area contributed by atoms with Crippen LogP contribution < -0.4 is 0 Å². The number of benzene rings is 2. The number of fused-ring (bicyclic) bond motifs is 1. The molecule has 0 aromatic heterocycles. The highest BCUT2D eigenvalue weighted by Crippen LogP contribution is 2.46. The van der Waals surface area contributed by atoms with Crippen LogP contribution in [0.15, 0.2) is 53.0 Å². The maximum absolute atomic E-state index is 6.41. The van der Waals surface area contributed by atoms with Crippen LogP contribution in [0.4, 0.5) is 0 Å². The monoisotopic (exact) mass is 306 g/mol. The molecule has 0 fully saturated rings. The third-order valence-electron chi connectivity index (χ3n) is 3.42. The predicted molar refractivity (Wildman–Crippen MR) is 75.6 cm³/mol. The summed E-state index contributed by atoms with van der Waals surface area (Å²) in [6, 6.07) is 17.1. The Bertz CT molecular complexity index is 533. The standard InChI is InChI=1S/C15H12BrCl/c16-11-7-5-10(6-8-11)14-9-15(17)13-4-2-1-3-12(13)14/h1-8,14-15H,9H2/t14-,15+/m1/s1. The molecule has 3 rings (SSSR count). The Kier molecular flexibility index (Phi) is 2.97. The van der Waals surface area contributed by atoms with Gasteiger partial charge in [-0.2, -0.15) is 0 Å². The molecule has 0 saturated carbocycles. The minimum absolute atomic E-state index is 0.153. The van der Waals surface area contributed by atoms with Crippen molar-refractivity contribution in [3.8, 4) is 0 Å². The van der Waals surface area contributed by atoms with Crippen molar-refractivity contribution < 1.29 is 0 Å². The van der Waals surface area contributed by atoms with Gasteiger partial charge in [0, 0.05) is 10.4 Å². The maximum atomic E-state index is 6.41. The third-order valence-corrected chi connectivity index (χ3v) is 4.37. The van der Waals surface area contributed by atoms with Crippen LogP contribution >= 0.6 is 27.5 Å². The highest BCUT2D eigenvalue weighted by molar-refractivity contribution is 9.10. The summed E-state index contributed by atoms with van der Waals surface area (Å²) < 4.78 is 1.12. The van der Waals surface area contributed by atoms with E-state index < -0.39 is 0 Å². The van der Waals surface area contributed by atoms with E-state index >= 15 is 0 Å². The first-order valence-corrected chi connectivity index (χ1v) is 6.97. The molecule has 0 unspecified atom stereocenters. The van der Waals surface area contributed by atoms with Gasteiger partial charge in [0.25, 0.3) is 0 Å². The second-order valence-corrected chi connectivity index (χ2v) is 5.88. The van der Waals surface area contributed by atoms with Gasteiger partial charge < -0.3 is 0 Å². The first kappa shape index (κ1) is 11.3. The average Bonchev–Trinajstić information content (AvgIpc) is 2.69. The summed E-state index contributed by atoms with van der Waals surface area (Å²) in [5.41, 5.74) is 4.03. The lowest BCUT2D eigenvalue weighted by molar-refractivity contribution is 0.771. The normalized spacial score (nSPS) is 22.5. The molecule has 0 saturated heterocycles. The van der Waals surface area contributed by atoms with Gasteiger partial charge in [-0.25, -0.2) is 0 Å². The van der Waals surface area contributed by atoms with Crippen molar-refractivity contribution in [3.05, 3.63) is 69.7 Å². The van der Waals surface area contributed by atoms with Crippen LogP contribution in [0.1, 0.15) is 34.4 Å². The van der Waals surface area contributed by atoms with E-state index in [-0.39, 0.29) is 5.38 Å². The van der Waals surface area contributed by atoms with E-state index in [1.807, 2.05) is 0 Å². The molecule has 86 valence electrons. The summed E-state index contributed by atoms with van der Waals surface area (Å²) in [6.07, 6.45) is 1.00. The average molecular weight is 308 g/mol. The molecule has 0 radical (unpaired) electrons. The molecular formula is C15H12BrCl. The summed E-state index contributed by atoms with van der Waals surface area (Å²) in [5.74, 6) is 0.446. The third kappa shape index (κ3) is 2.02. The number of alkyl halides is 1. The summed E-state index contributed by atoms with van der Waals surface area (Å²) in [5, 5.41) is 0.153. The Hall–Kier alpha value is -0.790. The number of halogens is 2.